The van der Waals surface area contributed by atoms with E-state index in [9.17, 15) is 9.18 Å². The van der Waals surface area contributed by atoms with Gasteiger partial charge in [0.25, 0.3) is 0 Å². The smallest absolute Gasteiger partial charge is 0.223 e. The number of ether oxygens (including phenoxy) is 1. The Morgan fingerprint density at radius 3 is 2.52 bits per heavy atom. The van der Waals surface area contributed by atoms with Gasteiger partial charge in [0.2, 0.25) is 5.91 Å². The largest absolute Gasteiger partial charge is 0.382 e. The monoisotopic (exact) mass is 398 g/mol. The van der Waals surface area contributed by atoms with Crippen LogP contribution in [0, 0.1) is 11.7 Å². The molecule has 0 saturated carbocycles. The van der Waals surface area contributed by atoms with Gasteiger partial charge in [-0.25, -0.2) is 4.39 Å². The summed E-state index contributed by atoms with van der Waals surface area (Å²) in [6.45, 7) is 6.58. The Labute approximate surface area is 173 Å². The summed E-state index contributed by atoms with van der Waals surface area (Å²) in [5.74, 6) is 0.0488. The van der Waals surface area contributed by atoms with Gasteiger partial charge >= 0.3 is 0 Å². The zero-order chi connectivity index (χ0) is 20.5. The number of hydrogen-bond acceptors (Lipinski definition) is 3. The molecular formula is C24H31FN2O2. The zero-order valence-electron chi connectivity index (χ0n) is 17.2. The van der Waals surface area contributed by atoms with Crippen LogP contribution in [0.2, 0.25) is 0 Å². The predicted molar refractivity (Wildman–Crippen MR) is 114 cm³/mol. The van der Waals surface area contributed by atoms with Gasteiger partial charge in [-0.15, -0.1) is 0 Å². The average molecular weight is 399 g/mol. The van der Waals surface area contributed by atoms with Crippen LogP contribution < -0.4 is 5.32 Å². The number of likely N-dealkylation sites (tertiary alicyclic amines) is 1. The van der Waals surface area contributed by atoms with Crippen molar-refractivity contribution in [3.8, 4) is 11.1 Å². The number of rotatable bonds is 9. The summed E-state index contributed by atoms with van der Waals surface area (Å²) in [6, 6.07) is 14.9. The molecule has 1 aliphatic rings. The van der Waals surface area contributed by atoms with Gasteiger partial charge < -0.3 is 10.1 Å². The van der Waals surface area contributed by atoms with Gasteiger partial charge in [-0.2, -0.15) is 0 Å². The molecule has 0 aromatic heterocycles. The average Bonchev–Trinajstić information content (AvgIpc) is 2.75. The summed E-state index contributed by atoms with van der Waals surface area (Å²) in [7, 11) is 0. The van der Waals surface area contributed by atoms with Gasteiger partial charge in [0, 0.05) is 37.8 Å². The molecule has 4 nitrogen and oxygen atoms in total. The van der Waals surface area contributed by atoms with Crippen LogP contribution in [0.3, 0.4) is 0 Å². The predicted octanol–water partition coefficient (Wildman–Crippen LogP) is 4.25. The molecule has 1 N–H and O–H groups in total. The van der Waals surface area contributed by atoms with Crippen LogP contribution in [-0.2, 0) is 16.1 Å². The van der Waals surface area contributed by atoms with E-state index in [1.54, 1.807) is 6.07 Å². The lowest BCUT2D eigenvalue weighted by Crippen LogP contribution is -2.40. The lowest BCUT2D eigenvalue weighted by molar-refractivity contribution is -0.126. The van der Waals surface area contributed by atoms with E-state index in [1.807, 2.05) is 37.3 Å². The number of halogens is 1. The molecule has 1 fully saturated rings. The van der Waals surface area contributed by atoms with Crippen LogP contribution in [0.15, 0.2) is 48.5 Å². The number of piperidine rings is 1. The zero-order valence-corrected chi connectivity index (χ0v) is 17.2. The Hall–Kier alpha value is -2.24. The van der Waals surface area contributed by atoms with Crippen molar-refractivity contribution in [2.75, 3.05) is 32.8 Å². The van der Waals surface area contributed by atoms with Crippen molar-refractivity contribution in [3.63, 3.8) is 0 Å². The van der Waals surface area contributed by atoms with Gasteiger partial charge in [0.15, 0.2) is 0 Å². The number of carbonyl (C=O) groups excluding carboxylic acids is 1. The molecule has 29 heavy (non-hydrogen) atoms. The normalized spacial score (nSPS) is 15.4. The third-order valence-corrected chi connectivity index (χ3v) is 5.50. The van der Waals surface area contributed by atoms with E-state index in [2.05, 4.69) is 16.3 Å². The quantitative estimate of drug-likeness (QED) is 0.642. The number of nitrogens with one attached hydrogen (secondary N) is 1. The molecule has 0 unspecified atom stereocenters. The molecule has 1 amide bonds. The second-order valence-corrected chi connectivity index (χ2v) is 7.53. The molecule has 1 aliphatic heterocycles. The third kappa shape index (κ3) is 6.12. The van der Waals surface area contributed by atoms with Crippen molar-refractivity contribution in [2.45, 2.75) is 32.7 Å². The highest BCUT2D eigenvalue weighted by molar-refractivity contribution is 5.78. The standard InChI is InChI=1S/C24H31FN2O2/c1-2-29-17-7-14-26-24(28)19-12-15-27(16-13-19)18-20-8-3-4-9-21(20)22-10-5-6-11-23(22)25/h3-6,8-11,19H,2,7,12-18H2,1H3,(H,26,28). The Morgan fingerprint density at radius 2 is 1.79 bits per heavy atom. The minimum absolute atomic E-state index is 0.0835. The van der Waals surface area contributed by atoms with E-state index in [1.165, 1.54) is 6.07 Å². The van der Waals surface area contributed by atoms with E-state index in [4.69, 9.17) is 4.74 Å². The second kappa shape index (κ2) is 11.1. The van der Waals surface area contributed by atoms with E-state index in [0.29, 0.717) is 25.3 Å². The summed E-state index contributed by atoms with van der Waals surface area (Å²) in [4.78, 5) is 14.7. The number of amides is 1. The number of carbonyl (C=O) groups is 1. The Balaban J connectivity index is 1.52. The van der Waals surface area contributed by atoms with Crippen LogP contribution in [0.5, 0.6) is 0 Å². The van der Waals surface area contributed by atoms with Gasteiger partial charge in [-0.3, -0.25) is 9.69 Å². The molecule has 2 aromatic rings. The molecule has 1 saturated heterocycles. The fourth-order valence-electron chi connectivity index (χ4n) is 3.87. The Morgan fingerprint density at radius 1 is 1.10 bits per heavy atom. The van der Waals surface area contributed by atoms with Crippen molar-refractivity contribution < 1.29 is 13.9 Å². The van der Waals surface area contributed by atoms with E-state index < -0.39 is 0 Å². The van der Waals surface area contributed by atoms with Gasteiger partial charge in [-0.05, 0) is 56.5 Å². The van der Waals surface area contributed by atoms with Crippen molar-refractivity contribution in [2.24, 2.45) is 5.92 Å². The number of nitrogens with zero attached hydrogens (tertiary/aromatic N) is 1. The first kappa shape index (κ1) is 21.5. The summed E-state index contributed by atoms with van der Waals surface area (Å²) in [6.07, 6.45) is 2.57. The maximum atomic E-state index is 14.3. The molecule has 2 aromatic carbocycles. The van der Waals surface area contributed by atoms with Crippen LogP contribution in [0.1, 0.15) is 31.7 Å². The van der Waals surface area contributed by atoms with Gasteiger partial charge in [0.05, 0.1) is 0 Å². The molecular weight excluding hydrogens is 367 g/mol. The highest BCUT2D eigenvalue weighted by atomic mass is 19.1. The van der Waals surface area contributed by atoms with Crippen LogP contribution in [0.4, 0.5) is 4.39 Å². The van der Waals surface area contributed by atoms with Crippen LogP contribution in [0.25, 0.3) is 11.1 Å². The van der Waals surface area contributed by atoms with Crippen LogP contribution >= 0.6 is 0 Å². The topological polar surface area (TPSA) is 41.6 Å². The summed E-state index contributed by atoms with van der Waals surface area (Å²) < 4.78 is 19.6. The molecule has 0 spiro atoms. The van der Waals surface area contributed by atoms with Crippen molar-refractivity contribution >= 4 is 5.91 Å². The summed E-state index contributed by atoms with van der Waals surface area (Å²) in [5, 5.41) is 3.03. The van der Waals surface area contributed by atoms with E-state index in [-0.39, 0.29) is 17.6 Å². The first-order valence-electron chi connectivity index (χ1n) is 10.6. The highest BCUT2D eigenvalue weighted by Gasteiger charge is 2.25. The van der Waals surface area contributed by atoms with E-state index in [0.717, 1.165) is 50.0 Å². The number of benzene rings is 2. The van der Waals surface area contributed by atoms with Crippen molar-refractivity contribution in [3.05, 3.63) is 59.9 Å². The fourth-order valence-corrected chi connectivity index (χ4v) is 3.87. The Bertz CT molecular complexity index is 788. The fraction of sp³-hybridized carbons (Fsp3) is 0.458. The van der Waals surface area contributed by atoms with Crippen molar-refractivity contribution in [1.82, 2.24) is 10.2 Å². The molecule has 1 heterocycles. The molecule has 0 atom stereocenters. The van der Waals surface area contributed by atoms with Crippen LogP contribution in [-0.4, -0.2) is 43.7 Å². The maximum Gasteiger partial charge on any atom is 0.223 e. The number of hydrogen-bond donors (Lipinski definition) is 1. The first-order valence-corrected chi connectivity index (χ1v) is 10.6. The lowest BCUT2D eigenvalue weighted by atomic mass is 9.94. The minimum Gasteiger partial charge on any atom is -0.382 e. The van der Waals surface area contributed by atoms with E-state index >= 15 is 0 Å². The molecule has 0 aliphatic carbocycles. The molecule has 0 radical (unpaired) electrons. The minimum atomic E-state index is -0.195. The molecule has 5 heteroatoms. The SMILES string of the molecule is CCOCCCNC(=O)C1CCN(Cc2ccccc2-c2ccccc2F)CC1. The Kier molecular flexibility index (Phi) is 8.20. The second-order valence-electron chi connectivity index (χ2n) is 7.53. The molecule has 3 rings (SSSR count). The maximum absolute atomic E-state index is 14.3. The molecule has 156 valence electrons. The van der Waals surface area contributed by atoms with Gasteiger partial charge in [-0.1, -0.05) is 42.5 Å². The first-order chi connectivity index (χ1) is 14.2. The van der Waals surface area contributed by atoms with Crippen molar-refractivity contribution in [1.29, 1.82) is 0 Å². The van der Waals surface area contributed by atoms with Gasteiger partial charge in [0.1, 0.15) is 5.82 Å². The highest BCUT2D eigenvalue weighted by Crippen LogP contribution is 2.28. The third-order valence-electron chi connectivity index (χ3n) is 5.50. The lowest BCUT2D eigenvalue weighted by Gasteiger charge is -2.31. The molecule has 0 bridgehead atoms. The summed E-state index contributed by atoms with van der Waals surface area (Å²) in [5.41, 5.74) is 2.71. The summed E-state index contributed by atoms with van der Waals surface area (Å²) >= 11 is 0.